The summed E-state index contributed by atoms with van der Waals surface area (Å²) < 4.78 is 10.9. The van der Waals surface area contributed by atoms with E-state index in [1.165, 1.54) is 11.8 Å². The van der Waals surface area contributed by atoms with Crippen LogP contribution in [0.2, 0.25) is 0 Å². The van der Waals surface area contributed by atoms with E-state index < -0.39 is 12.0 Å². The van der Waals surface area contributed by atoms with Gasteiger partial charge in [0.05, 0.1) is 18.2 Å². The minimum Gasteiger partial charge on any atom is -0.463 e. The number of hydrogen-bond donors (Lipinski definition) is 2. The molecule has 0 saturated heterocycles. The number of rotatable bonds is 7. The van der Waals surface area contributed by atoms with Gasteiger partial charge in [0.2, 0.25) is 5.89 Å². The molecule has 1 aromatic heterocycles. The SMILES string of the molecule is CCOC(=O)C1=C(CSc2nnc(-c3cc(C)cc(C)c3)o2)NC(=O)N[C@@H]1CC. The van der Waals surface area contributed by atoms with Gasteiger partial charge in [0, 0.05) is 17.0 Å². The van der Waals surface area contributed by atoms with Gasteiger partial charge in [-0.25, -0.2) is 9.59 Å². The summed E-state index contributed by atoms with van der Waals surface area (Å²) in [6.45, 7) is 7.92. The van der Waals surface area contributed by atoms with E-state index in [4.69, 9.17) is 9.15 Å². The van der Waals surface area contributed by atoms with Crippen LogP contribution in [0.1, 0.15) is 31.4 Å². The molecule has 2 N–H and O–H groups in total. The van der Waals surface area contributed by atoms with Gasteiger partial charge in [-0.15, -0.1) is 10.2 Å². The van der Waals surface area contributed by atoms with Gasteiger partial charge in [0.25, 0.3) is 5.22 Å². The number of thioether (sulfide) groups is 1. The average Bonchev–Trinajstić information content (AvgIpc) is 3.14. The molecule has 1 aromatic carbocycles. The van der Waals surface area contributed by atoms with Gasteiger partial charge in [0.1, 0.15) is 0 Å². The van der Waals surface area contributed by atoms with E-state index in [1.54, 1.807) is 6.92 Å². The van der Waals surface area contributed by atoms with Crippen LogP contribution in [0, 0.1) is 13.8 Å². The highest BCUT2D eigenvalue weighted by molar-refractivity contribution is 7.99. The van der Waals surface area contributed by atoms with Crippen molar-refractivity contribution in [3.8, 4) is 11.5 Å². The van der Waals surface area contributed by atoms with Gasteiger partial charge in [-0.05, 0) is 39.3 Å². The van der Waals surface area contributed by atoms with Gasteiger partial charge in [0.15, 0.2) is 0 Å². The van der Waals surface area contributed by atoms with Crippen molar-refractivity contribution in [2.75, 3.05) is 12.4 Å². The molecule has 0 spiro atoms. The molecule has 0 fully saturated rings. The summed E-state index contributed by atoms with van der Waals surface area (Å²) in [6, 6.07) is 5.29. The van der Waals surface area contributed by atoms with E-state index >= 15 is 0 Å². The Labute approximate surface area is 173 Å². The second-order valence-electron chi connectivity index (χ2n) is 6.71. The zero-order valence-corrected chi connectivity index (χ0v) is 17.7. The molecule has 1 aliphatic rings. The fourth-order valence-corrected chi connectivity index (χ4v) is 3.92. The van der Waals surface area contributed by atoms with Crippen molar-refractivity contribution in [1.29, 1.82) is 0 Å². The monoisotopic (exact) mass is 416 g/mol. The molecular weight excluding hydrogens is 392 g/mol. The molecule has 8 nitrogen and oxygen atoms in total. The zero-order chi connectivity index (χ0) is 21.0. The summed E-state index contributed by atoms with van der Waals surface area (Å²) in [6.07, 6.45) is 0.577. The topological polar surface area (TPSA) is 106 Å². The third-order valence-corrected chi connectivity index (χ3v) is 5.21. The highest BCUT2D eigenvalue weighted by Gasteiger charge is 2.31. The van der Waals surface area contributed by atoms with Crippen molar-refractivity contribution in [2.45, 2.75) is 45.4 Å². The quantitative estimate of drug-likeness (QED) is 0.526. The summed E-state index contributed by atoms with van der Waals surface area (Å²) in [7, 11) is 0. The zero-order valence-electron chi connectivity index (χ0n) is 16.9. The van der Waals surface area contributed by atoms with Crippen molar-refractivity contribution in [3.63, 3.8) is 0 Å². The van der Waals surface area contributed by atoms with E-state index in [0.29, 0.717) is 34.6 Å². The van der Waals surface area contributed by atoms with Crippen LogP contribution in [-0.4, -0.2) is 40.6 Å². The number of carbonyl (C=O) groups is 2. The van der Waals surface area contributed by atoms with E-state index in [2.05, 4.69) is 26.9 Å². The maximum absolute atomic E-state index is 12.4. The summed E-state index contributed by atoms with van der Waals surface area (Å²) in [5, 5.41) is 14.0. The van der Waals surface area contributed by atoms with Gasteiger partial charge < -0.3 is 19.8 Å². The standard InChI is InChI=1S/C20H24N4O4S/c1-5-14-16(18(25)27-6-2)15(22-19(26)21-14)10-29-20-24-23-17(28-20)13-8-11(3)7-12(4)9-13/h7-9,14H,5-6,10H2,1-4H3,(H2,21,22,26)/t14-/m1/s1. The normalized spacial score (nSPS) is 16.4. The van der Waals surface area contributed by atoms with Crippen molar-refractivity contribution >= 4 is 23.8 Å². The predicted octanol–water partition coefficient (Wildman–Crippen LogP) is 3.35. The Morgan fingerprint density at radius 3 is 2.59 bits per heavy atom. The first-order chi connectivity index (χ1) is 13.9. The maximum Gasteiger partial charge on any atom is 0.337 e. The molecule has 2 amide bonds. The van der Waals surface area contributed by atoms with Gasteiger partial charge >= 0.3 is 12.0 Å². The number of aryl methyl sites for hydroxylation is 2. The lowest BCUT2D eigenvalue weighted by atomic mass is 10.0. The molecule has 2 heterocycles. The molecular formula is C20H24N4O4S. The van der Waals surface area contributed by atoms with Crippen LogP contribution in [0.25, 0.3) is 11.5 Å². The molecule has 0 aliphatic carbocycles. The van der Waals surface area contributed by atoms with Crippen LogP contribution in [0.4, 0.5) is 4.79 Å². The average molecular weight is 417 g/mol. The lowest BCUT2D eigenvalue weighted by Crippen LogP contribution is -2.50. The number of hydrogen-bond acceptors (Lipinski definition) is 7. The van der Waals surface area contributed by atoms with Crippen LogP contribution in [-0.2, 0) is 9.53 Å². The Morgan fingerprint density at radius 2 is 1.93 bits per heavy atom. The molecule has 0 radical (unpaired) electrons. The fourth-order valence-electron chi connectivity index (χ4n) is 3.19. The Kier molecular flexibility index (Phi) is 6.58. The minimum atomic E-state index is -0.441. The number of urea groups is 1. The lowest BCUT2D eigenvalue weighted by molar-refractivity contribution is -0.139. The Morgan fingerprint density at radius 1 is 1.21 bits per heavy atom. The van der Waals surface area contributed by atoms with Gasteiger partial charge in [-0.3, -0.25) is 0 Å². The van der Waals surface area contributed by atoms with E-state index in [9.17, 15) is 9.59 Å². The molecule has 2 aromatic rings. The van der Waals surface area contributed by atoms with Crippen LogP contribution in [0.3, 0.4) is 0 Å². The number of esters is 1. The second kappa shape index (κ2) is 9.13. The maximum atomic E-state index is 12.4. The number of nitrogens with zero attached hydrogens (tertiary/aromatic N) is 2. The molecule has 1 atom stereocenters. The minimum absolute atomic E-state index is 0.260. The van der Waals surface area contributed by atoms with Crippen molar-refractivity contribution in [1.82, 2.24) is 20.8 Å². The number of carbonyl (C=O) groups excluding carboxylic acids is 2. The molecule has 29 heavy (non-hydrogen) atoms. The Hall–Kier alpha value is -2.81. The smallest absolute Gasteiger partial charge is 0.337 e. The first-order valence-electron chi connectivity index (χ1n) is 9.43. The van der Waals surface area contributed by atoms with Crippen LogP contribution in [0.5, 0.6) is 0 Å². The van der Waals surface area contributed by atoms with Crippen LogP contribution >= 0.6 is 11.8 Å². The number of ether oxygens (including phenoxy) is 1. The second-order valence-corrected chi connectivity index (χ2v) is 7.64. The first-order valence-corrected chi connectivity index (χ1v) is 10.4. The third-order valence-electron chi connectivity index (χ3n) is 4.36. The van der Waals surface area contributed by atoms with Gasteiger partial charge in [-0.1, -0.05) is 35.9 Å². The summed E-state index contributed by atoms with van der Waals surface area (Å²) in [5.41, 5.74) is 4.00. The van der Waals surface area contributed by atoms with Gasteiger partial charge in [-0.2, -0.15) is 0 Å². The fraction of sp³-hybridized carbons (Fsp3) is 0.400. The van der Waals surface area contributed by atoms with E-state index in [-0.39, 0.29) is 12.6 Å². The van der Waals surface area contributed by atoms with Crippen molar-refractivity contribution in [3.05, 3.63) is 40.6 Å². The van der Waals surface area contributed by atoms with Crippen LogP contribution in [0.15, 0.2) is 39.1 Å². The molecule has 3 rings (SSSR count). The first kappa shape index (κ1) is 20.9. The van der Waals surface area contributed by atoms with Crippen LogP contribution < -0.4 is 10.6 Å². The Balaban J connectivity index is 1.80. The number of benzene rings is 1. The Bertz CT molecular complexity index is 933. The highest BCUT2D eigenvalue weighted by Crippen LogP contribution is 2.27. The van der Waals surface area contributed by atoms with Crippen molar-refractivity contribution < 1.29 is 18.7 Å². The molecule has 154 valence electrons. The lowest BCUT2D eigenvalue weighted by Gasteiger charge is -2.28. The molecule has 1 aliphatic heterocycles. The molecule has 0 unspecified atom stereocenters. The highest BCUT2D eigenvalue weighted by atomic mass is 32.2. The van der Waals surface area contributed by atoms with E-state index in [0.717, 1.165) is 16.7 Å². The third kappa shape index (κ3) is 4.97. The van der Waals surface area contributed by atoms with E-state index in [1.807, 2.05) is 32.9 Å². The number of amides is 2. The number of nitrogens with one attached hydrogen (secondary N) is 2. The largest absolute Gasteiger partial charge is 0.463 e. The predicted molar refractivity (Wildman–Crippen MR) is 109 cm³/mol. The van der Waals surface area contributed by atoms with Crippen molar-refractivity contribution in [2.24, 2.45) is 0 Å². The molecule has 0 bridgehead atoms. The summed E-state index contributed by atoms with van der Waals surface area (Å²) in [4.78, 5) is 24.4. The molecule has 9 heteroatoms. The summed E-state index contributed by atoms with van der Waals surface area (Å²) in [5.74, 6) is 0.288. The molecule has 0 saturated carbocycles. The summed E-state index contributed by atoms with van der Waals surface area (Å²) >= 11 is 1.26. The number of aromatic nitrogens is 2.